The molecular formula is C13H18O2. The third-order valence-electron chi connectivity index (χ3n) is 2.27. The van der Waals surface area contributed by atoms with Gasteiger partial charge in [0.25, 0.3) is 0 Å². The number of benzene rings is 1. The Bertz CT molecular complexity index is 402. The molecule has 0 aliphatic rings. The van der Waals surface area contributed by atoms with Crippen LogP contribution >= 0.6 is 0 Å². The number of aliphatic carboxylic acids is 1. The molecule has 0 aliphatic carbocycles. The molecule has 0 spiro atoms. The minimum Gasteiger partial charge on any atom is -0.481 e. The summed E-state index contributed by atoms with van der Waals surface area (Å²) in [6, 6.07) is 6.90. The van der Waals surface area contributed by atoms with Gasteiger partial charge in [-0.2, -0.15) is 0 Å². The maximum Gasteiger partial charge on any atom is 0.310 e. The first-order valence-electron chi connectivity index (χ1n) is 5.96. The SMILES string of the molecule is [2H]C(C)(C)Cc1ccc(C([2H])(C)C(=O)O)cc1. The average molecular weight is 208 g/mol. The van der Waals surface area contributed by atoms with Crippen LogP contribution in [0.5, 0.6) is 0 Å². The summed E-state index contributed by atoms with van der Waals surface area (Å²) >= 11 is 0. The fourth-order valence-electron chi connectivity index (χ4n) is 1.40. The summed E-state index contributed by atoms with van der Waals surface area (Å²) < 4.78 is 15.5. The van der Waals surface area contributed by atoms with E-state index >= 15 is 0 Å². The van der Waals surface area contributed by atoms with Gasteiger partial charge in [0, 0.05) is 2.74 Å². The zero-order chi connectivity index (χ0) is 13.3. The highest BCUT2D eigenvalue weighted by Crippen LogP contribution is 2.17. The number of carbonyl (C=O) groups is 1. The van der Waals surface area contributed by atoms with Gasteiger partial charge in [0.1, 0.15) is 0 Å². The van der Waals surface area contributed by atoms with Crippen molar-refractivity contribution in [3.05, 3.63) is 35.4 Å². The van der Waals surface area contributed by atoms with Crippen molar-refractivity contribution < 1.29 is 12.6 Å². The molecule has 1 atom stereocenters. The van der Waals surface area contributed by atoms with Crippen molar-refractivity contribution in [2.75, 3.05) is 0 Å². The van der Waals surface area contributed by atoms with E-state index in [0.717, 1.165) is 5.56 Å². The Morgan fingerprint density at radius 1 is 1.33 bits per heavy atom. The van der Waals surface area contributed by atoms with Crippen LogP contribution in [0.4, 0.5) is 0 Å². The van der Waals surface area contributed by atoms with Gasteiger partial charge in [-0.25, -0.2) is 0 Å². The second-order valence-corrected chi connectivity index (χ2v) is 4.01. The molecule has 1 aromatic rings. The van der Waals surface area contributed by atoms with Gasteiger partial charge in [0.2, 0.25) is 0 Å². The number of rotatable bonds is 4. The van der Waals surface area contributed by atoms with Crippen LogP contribution in [-0.2, 0) is 11.2 Å². The van der Waals surface area contributed by atoms with Gasteiger partial charge in [-0.05, 0) is 30.4 Å². The molecule has 1 N–H and O–H groups in total. The first-order chi connectivity index (χ1) is 7.63. The molecule has 1 unspecified atom stereocenters. The highest BCUT2D eigenvalue weighted by atomic mass is 16.4. The van der Waals surface area contributed by atoms with Crippen LogP contribution in [0.1, 0.15) is 40.5 Å². The number of carboxylic acid groups (broad SMARTS) is 1. The molecule has 0 heterocycles. The van der Waals surface area contributed by atoms with Crippen molar-refractivity contribution in [3.8, 4) is 0 Å². The molecule has 0 amide bonds. The summed E-state index contributed by atoms with van der Waals surface area (Å²) in [7, 11) is 0. The molecule has 0 bridgehead atoms. The summed E-state index contributed by atoms with van der Waals surface area (Å²) in [5, 5.41) is 8.93. The van der Waals surface area contributed by atoms with E-state index in [1.54, 1.807) is 24.3 Å². The predicted octanol–water partition coefficient (Wildman–Crippen LogP) is 3.07. The Kier molecular flexibility index (Phi) is 2.96. The van der Waals surface area contributed by atoms with Crippen LogP contribution in [0.2, 0.25) is 0 Å². The first kappa shape index (κ1) is 8.96. The van der Waals surface area contributed by atoms with Crippen molar-refractivity contribution >= 4 is 5.97 Å². The van der Waals surface area contributed by atoms with E-state index in [1.807, 2.05) is 13.8 Å². The normalized spacial score (nSPS) is 17.5. The van der Waals surface area contributed by atoms with E-state index in [-0.39, 0.29) is 0 Å². The quantitative estimate of drug-likeness (QED) is 0.825. The molecule has 0 saturated heterocycles. The van der Waals surface area contributed by atoms with Gasteiger partial charge >= 0.3 is 5.97 Å². The lowest BCUT2D eigenvalue weighted by Crippen LogP contribution is -2.07. The Hall–Kier alpha value is -1.31. The lowest BCUT2D eigenvalue weighted by Gasteiger charge is -2.09. The zero-order valence-electron chi connectivity index (χ0n) is 11.4. The van der Waals surface area contributed by atoms with E-state index in [2.05, 4.69) is 0 Å². The monoisotopic (exact) mass is 208 g/mol. The van der Waals surface area contributed by atoms with Crippen molar-refractivity contribution in [3.63, 3.8) is 0 Å². The molecule has 0 aliphatic heterocycles. The van der Waals surface area contributed by atoms with E-state index in [0.29, 0.717) is 12.0 Å². The lowest BCUT2D eigenvalue weighted by molar-refractivity contribution is -0.138. The van der Waals surface area contributed by atoms with Gasteiger partial charge in [-0.1, -0.05) is 38.1 Å². The Labute approximate surface area is 93.8 Å². The maximum atomic E-state index is 10.9. The van der Waals surface area contributed by atoms with Gasteiger partial charge in [-0.3, -0.25) is 4.79 Å². The van der Waals surface area contributed by atoms with Gasteiger partial charge in [-0.15, -0.1) is 0 Å². The third-order valence-corrected chi connectivity index (χ3v) is 2.27. The summed E-state index contributed by atoms with van der Waals surface area (Å²) in [5.41, 5.74) is 1.44. The molecule has 0 aromatic heterocycles. The predicted molar refractivity (Wildman–Crippen MR) is 61.0 cm³/mol. The molecule has 0 radical (unpaired) electrons. The van der Waals surface area contributed by atoms with Crippen molar-refractivity contribution in [2.45, 2.75) is 33.1 Å². The minimum absolute atomic E-state index is 0.455. The number of hydrogen-bond acceptors (Lipinski definition) is 1. The van der Waals surface area contributed by atoms with E-state index in [9.17, 15) is 4.79 Å². The smallest absolute Gasteiger partial charge is 0.310 e. The Morgan fingerprint density at radius 3 is 2.27 bits per heavy atom. The van der Waals surface area contributed by atoms with Gasteiger partial charge in [0.05, 0.1) is 5.89 Å². The second kappa shape index (κ2) is 4.96. The highest BCUT2D eigenvalue weighted by Gasteiger charge is 2.12. The zero-order valence-corrected chi connectivity index (χ0v) is 9.37. The standard InChI is InChI=1S/C13H18O2/c1-9(2)8-11-4-6-12(7-5-11)10(3)13(14)15/h4-7,9-10H,8H2,1-3H3,(H,14,15)/i9D,10D. The van der Waals surface area contributed by atoms with Gasteiger partial charge < -0.3 is 5.11 Å². The Morgan fingerprint density at radius 2 is 1.87 bits per heavy atom. The van der Waals surface area contributed by atoms with E-state index in [4.69, 9.17) is 7.85 Å². The van der Waals surface area contributed by atoms with E-state index in [1.165, 1.54) is 6.92 Å². The van der Waals surface area contributed by atoms with Crippen LogP contribution in [0.25, 0.3) is 0 Å². The van der Waals surface area contributed by atoms with Crippen molar-refractivity contribution in [1.82, 2.24) is 0 Å². The molecule has 82 valence electrons. The summed E-state index contributed by atoms with van der Waals surface area (Å²) in [4.78, 5) is 10.9. The largest absolute Gasteiger partial charge is 0.481 e. The summed E-state index contributed by atoms with van der Waals surface area (Å²) in [6.45, 7) is 5.01. The average Bonchev–Trinajstić information content (AvgIpc) is 2.15. The topological polar surface area (TPSA) is 37.3 Å². The number of carboxylic acids is 1. The van der Waals surface area contributed by atoms with Crippen LogP contribution in [0, 0.1) is 5.89 Å². The number of hydrogen-bond donors (Lipinski definition) is 1. The second-order valence-electron chi connectivity index (χ2n) is 4.01. The summed E-state index contributed by atoms with van der Waals surface area (Å²) in [5.74, 6) is -3.32. The molecule has 0 saturated carbocycles. The maximum absolute atomic E-state index is 10.9. The Balaban J connectivity index is 2.93. The van der Waals surface area contributed by atoms with Crippen molar-refractivity contribution in [1.29, 1.82) is 0 Å². The molecule has 1 rings (SSSR count). The van der Waals surface area contributed by atoms with E-state index < -0.39 is 17.8 Å². The van der Waals surface area contributed by atoms with Crippen LogP contribution in [0.15, 0.2) is 24.3 Å². The molecule has 0 fully saturated rings. The first-order valence-corrected chi connectivity index (χ1v) is 4.96. The highest BCUT2D eigenvalue weighted by molar-refractivity contribution is 5.75. The lowest BCUT2D eigenvalue weighted by atomic mass is 9.97. The third kappa shape index (κ3) is 3.39. The van der Waals surface area contributed by atoms with Gasteiger partial charge in [0.15, 0.2) is 0 Å². The van der Waals surface area contributed by atoms with Crippen LogP contribution in [0.3, 0.4) is 0 Å². The molecule has 15 heavy (non-hydrogen) atoms. The molecule has 2 heteroatoms. The fourth-order valence-corrected chi connectivity index (χ4v) is 1.40. The van der Waals surface area contributed by atoms with Crippen LogP contribution < -0.4 is 0 Å². The molecular weight excluding hydrogens is 188 g/mol. The summed E-state index contributed by atoms with van der Waals surface area (Å²) in [6.07, 6.45) is 0.606. The fraction of sp³-hybridized carbons (Fsp3) is 0.462. The van der Waals surface area contributed by atoms with Crippen LogP contribution in [-0.4, -0.2) is 11.1 Å². The molecule has 2 nitrogen and oxygen atoms in total. The van der Waals surface area contributed by atoms with Crippen molar-refractivity contribution in [2.24, 2.45) is 5.89 Å². The minimum atomic E-state index is -1.62. The molecule has 1 aromatic carbocycles.